The van der Waals surface area contributed by atoms with Gasteiger partial charge in [0.2, 0.25) is 0 Å². The fourth-order valence-electron chi connectivity index (χ4n) is 3.47. The van der Waals surface area contributed by atoms with Crippen LogP contribution in [-0.4, -0.2) is 26.9 Å². The lowest BCUT2D eigenvalue weighted by atomic mass is 10.0. The molecule has 0 aromatic heterocycles. The maximum absolute atomic E-state index is 12.7. The number of rotatable bonds is 6. The van der Waals surface area contributed by atoms with Gasteiger partial charge in [-0.15, -0.1) is 0 Å². The third-order valence-electron chi connectivity index (χ3n) is 4.93. The largest absolute Gasteiger partial charge is 0.349 e. The highest BCUT2D eigenvalue weighted by Crippen LogP contribution is 2.25. The molecule has 0 bridgehead atoms. The molecule has 2 unspecified atom stereocenters. The molecule has 0 aliphatic heterocycles. The Hall–Kier alpha value is -2.18. The highest BCUT2D eigenvalue weighted by atomic mass is 32.2. The molecule has 1 aliphatic rings. The second-order valence-corrected chi connectivity index (χ2v) is 8.77. The Morgan fingerprint density at radius 1 is 1.08 bits per heavy atom. The van der Waals surface area contributed by atoms with Gasteiger partial charge >= 0.3 is 0 Å². The summed E-state index contributed by atoms with van der Waals surface area (Å²) in [6.07, 6.45) is 2.99. The van der Waals surface area contributed by atoms with E-state index < -0.39 is 9.84 Å². The first-order valence-corrected chi connectivity index (χ1v) is 10.5. The van der Waals surface area contributed by atoms with Crippen molar-refractivity contribution in [3.8, 4) is 0 Å². The van der Waals surface area contributed by atoms with Crippen molar-refractivity contribution in [2.75, 3.05) is 6.54 Å². The smallest absolute Gasteiger partial charge is 0.251 e. The second kappa shape index (κ2) is 8.01. The number of nitrogens with two attached hydrogens (primary N) is 1. The van der Waals surface area contributed by atoms with Crippen molar-refractivity contribution < 1.29 is 13.2 Å². The normalized spacial score (nSPS) is 20.0. The number of benzene rings is 2. The van der Waals surface area contributed by atoms with Gasteiger partial charge in [0.25, 0.3) is 5.91 Å². The lowest BCUT2D eigenvalue weighted by Crippen LogP contribution is -2.39. The van der Waals surface area contributed by atoms with Gasteiger partial charge in [-0.1, -0.05) is 42.8 Å². The van der Waals surface area contributed by atoms with Crippen molar-refractivity contribution in [1.82, 2.24) is 5.32 Å². The van der Waals surface area contributed by atoms with Crippen LogP contribution in [0.25, 0.3) is 0 Å². The molecule has 26 heavy (non-hydrogen) atoms. The molecule has 0 radical (unpaired) electrons. The van der Waals surface area contributed by atoms with E-state index in [2.05, 4.69) is 5.32 Å². The Labute approximate surface area is 154 Å². The molecule has 5 nitrogen and oxygen atoms in total. The molecule has 0 saturated heterocycles. The number of hydrogen-bond acceptors (Lipinski definition) is 4. The number of hydrogen-bond donors (Lipinski definition) is 2. The fraction of sp³-hybridized carbons (Fsp3) is 0.350. The van der Waals surface area contributed by atoms with E-state index >= 15 is 0 Å². The van der Waals surface area contributed by atoms with E-state index in [1.807, 2.05) is 18.2 Å². The third kappa shape index (κ3) is 4.31. The molecule has 6 heteroatoms. The van der Waals surface area contributed by atoms with Crippen LogP contribution in [0.15, 0.2) is 59.5 Å². The Kier molecular flexibility index (Phi) is 5.74. The van der Waals surface area contributed by atoms with Crippen LogP contribution in [0, 0.1) is 5.92 Å². The molecule has 138 valence electrons. The van der Waals surface area contributed by atoms with Gasteiger partial charge < -0.3 is 11.1 Å². The minimum Gasteiger partial charge on any atom is -0.349 e. The average Bonchev–Trinajstić information content (AvgIpc) is 3.09. The van der Waals surface area contributed by atoms with Gasteiger partial charge in [0.1, 0.15) is 0 Å². The molecule has 1 fully saturated rings. The van der Waals surface area contributed by atoms with Crippen molar-refractivity contribution in [1.29, 1.82) is 0 Å². The van der Waals surface area contributed by atoms with E-state index in [-0.39, 0.29) is 22.6 Å². The maximum Gasteiger partial charge on any atom is 0.251 e. The first-order chi connectivity index (χ1) is 12.5. The molecule has 2 aromatic carbocycles. The number of sulfone groups is 1. The van der Waals surface area contributed by atoms with Crippen LogP contribution in [0.4, 0.5) is 0 Å². The minimum atomic E-state index is -3.51. The minimum absolute atomic E-state index is 0.0667. The average molecular weight is 372 g/mol. The lowest BCUT2D eigenvalue weighted by molar-refractivity contribution is 0.0928. The van der Waals surface area contributed by atoms with Crippen LogP contribution >= 0.6 is 0 Å². The monoisotopic (exact) mass is 372 g/mol. The molecule has 2 atom stereocenters. The second-order valence-electron chi connectivity index (χ2n) is 6.78. The van der Waals surface area contributed by atoms with Gasteiger partial charge in [-0.05, 0) is 49.1 Å². The SMILES string of the molecule is NCC1CCCC1NC(=O)c1cccc(S(=O)(=O)Cc2ccccc2)c1. The molecule has 1 amide bonds. The molecular weight excluding hydrogens is 348 g/mol. The lowest BCUT2D eigenvalue weighted by Gasteiger charge is -2.19. The van der Waals surface area contributed by atoms with Crippen molar-refractivity contribution >= 4 is 15.7 Å². The van der Waals surface area contributed by atoms with E-state index in [0.717, 1.165) is 24.8 Å². The first kappa shape index (κ1) is 18.6. The summed E-state index contributed by atoms with van der Waals surface area (Å²) in [5.74, 6) is -0.0346. The van der Waals surface area contributed by atoms with Crippen LogP contribution < -0.4 is 11.1 Å². The van der Waals surface area contributed by atoms with Crippen LogP contribution in [0.1, 0.15) is 35.2 Å². The molecule has 1 aliphatic carbocycles. The first-order valence-electron chi connectivity index (χ1n) is 8.87. The van der Waals surface area contributed by atoms with Crippen LogP contribution in [-0.2, 0) is 15.6 Å². The van der Waals surface area contributed by atoms with E-state index in [9.17, 15) is 13.2 Å². The van der Waals surface area contributed by atoms with Crippen LogP contribution in [0.5, 0.6) is 0 Å². The summed E-state index contributed by atoms with van der Waals surface area (Å²) in [4.78, 5) is 12.7. The Balaban J connectivity index is 1.76. The quantitative estimate of drug-likeness (QED) is 0.815. The van der Waals surface area contributed by atoms with Crippen LogP contribution in [0.2, 0.25) is 0 Å². The summed E-state index contributed by atoms with van der Waals surface area (Å²) in [5.41, 5.74) is 6.85. The predicted molar refractivity (Wildman–Crippen MR) is 101 cm³/mol. The van der Waals surface area contributed by atoms with Gasteiger partial charge in [-0.2, -0.15) is 0 Å². The molecule has 0 heterocycles. The van der Waals surface area contributed by atoms with Crippen molar-refractivity contribution in [2.45, 2.75) is 36.0 Å². The molecular formula is C20H24N2O3S. The Morgan fingerprint density at radius 3 is 2.58 bits per heavy atom. The summed E-state index contributed by atoms with van der Waals surface area (Å²) in [6, 6.07) is 15.3. The third-order valence-corrected chi connectivity index (χ3v) is 6.62. The summed E-state index contributed by atoms with van der Waals surface area (Å²) >= 11 is 0. The van der Waals surface area contributed by atoms with Gasteiger partial charge in [0, 0.05) is 11.6 Å². The maximum atomic E-state index is 12.7. The molecule has 3 N–H and O–H groups in total. The number of amides is 1. The highest BCUT2D eigenvalue weighted by Gasteiger charge is 2.28. The molecule has 2 aromatic rings. The zero-order valence-electron chi connectivity index (χ0n) is 14.6. The summed E-state index contributed by atoms with van der Waals surface area (Å²) in [6.45, 7) is 0.552. The van der Waals surface area contributed by atoms with Crippen molar-refractivity contribution in [2.24, 2.45) is 11.7 Å². The Bertz CT molecular complexity index is 866. The van der Waals surface area contributed by atoms with Gasteiger partial charge in [0.15, 0.2) is 9.84 Å². The standard InChI is InChI=1S/C20H24N2O3S/c21-13-17-9-5-11-19(17)22-20(23)16-8-4-10-18(12-16)26(24,25)14-15-6-2-1-3-7-15/h1-4,6-8,10,12,17,19H,5,9,11,13-14,21H2,(H,22,23). The van der Waals surface area contributed by atoms with Crippen LogP contribution in [0.3, 0.4) is 0 Å². The van der Waals surface area contributed by atoms with E-state index in [0.29, 0.717) is 18.0 Å². The summed E-state index contributed by atoms with van der Waals surface area (Å²) in [7, 11) is -3.51. The van der Waals surface area contributed by atoms with Gasteiger partial charge in [-0.3, -0.25) is 4.79 Å². The number of carbonyl (C=O) groups is 1. The molecule has 0 spiro atoms. The number of nitrogens with one attached hydrogen (secondary N) is 1. The van der Waals surface area contributed by atoms with Crippen molar-refractivity contribution in [3.63, 3.8) is 0 Å². The Morgan fingerprint density at radius 2 is 1.85 bits per heavy atom. The highest BCUT2D eigenvalue weighted by molar-refractivity contribution is 7.90. The molecule has 3 rings (SSSR count). The van der Waals surface area contributed by atoms with Gasteiger partial charge in [-0.25, -0.2) is 8.42 Å². The fourth-order valence-corrected chi connectivity index (χ4v) is 4.86. The van der Waals surface area contributed by atoms with Gasteiger partial charge in [0.05, 0.1) is 10.6 Å². The molecule has 1 saturated carbocycles. The zero-order chi connectivity index (χ0) is 18.6. The summed E-state index contributed by atoms with van der Waals surface area (Å²) < 4.78 is 25.3. The topological polar surface area (TPSA) is 89.3 Å². The summed E-state index contributed by atoms with van der Waals surface area (Å²) in [5, 5.41) is 3.01. The number of carbonyl (C=O) groups excluding carboxylic acids is 1. The van der Waals surface area contributed by atoms with E-state index in [1.54, 1.807) is 24.3 Å². The van der Waals surface area contributed by atoms with Crippen molar-refractivity contribution in [3.05, 3.63) is 65.7 Å². The zero-order valence-corrected chi connectivity index (χ0v) is 15.4. The predicted octanol–water partition coefficient (Wildman–Crippen LogP) is 2.52. The van der Waals surface area contributed by atoms with E-state index in [4.69, 9.17) is 5.73 Å². The van der Waals surface area contributed by atoms with E-state index in [1.165, 1.54) is 12.1 Å².